The van der Waals surface area contributed by atoms with E-state index in [-0.39, 0.29) is 5.82 Å². The maximum atomic E-state index is 14.0. The smallest absolute Gasteiger partial charge is 0.224 e. The summed E-state index contributed by atoms with van der Waals surface area (Å²) in [7, 11) is 0. The summed E-state index contributed by atoms with van der Waals surface area (Å²) in [4.78, 5) is 10.4. The lowest BCUT2D eigenvalue weighted by Gasteiger charge is -2.36. The predicted molar refractivity (Wildman–Crippen MR) is 76.0 cm³/mol. The lowest BCUT2D eigenvalue weighted by atomic mass is 9.98. The van der Waals surface area contributed by atoms with E-state index in [1.165, 1.54) is 12.6 Å². The quantitative estimate of drug-likeness (QED) is 0.888. The fourth-order valence-corrected chi connectivity index (χ4v) is 2.72. The molecule has 2 rings (SSSR count). The molecular weight excluding hydrogens is 243 g/mol. The van der Waals surface area contributed by atoms with Crippen molar-refractivity contribution < 1.29 is 4.39 Å². The fourth-order valence-electron chi connectivity index (χ4n) is 2.72. The summed E-state index contributed by atoms with van der Waals surface area (Å²) >= 11 is 0. The molecule has 1 saturated heterocycles. The number of halogens is 1. The van der Waals surface area contributed by atoms with Crippen LogP contribution in [0.1, 0.15) is 46.0 Å². The van der Waals surface area contributed by atoms with Gasteiger partial charge in [-0.3, -0.25) is 0 Å². The first-order chi connectivity index (χ1) is 9.26. The van der Waals surface area contributed by atoms with Gasteiger partial charge >= 0.3 is 0 Å². The van der Waals surface area contributed by atoms with Crippen LogP contribution in [0.15, 0.2) is 6.20 Å². The predicted octanol–water partition coefficient (Wildman–Crippen LogP) is 3.21. The Kier molecular flexibility index (Phi) is 4.93. The first-order valence-corrected chi connectivity index (χ1v) is 7.29. The van der Waals surface area contributed by atoms with E-state index in [0.717, 1.165) is 38.8 Å². The van der Waals surface area contributed by atoms with Crippen molar-refractivity contribution in [1.82, 2.24) is 9.97 Å². The maximum Gasteiger partial charge on any atom is 0.224 e. The Morgan fingerprint density at radius 1 is 1.42 bits per heavy atom. The third-order valence-corrected chi connectivity index (χ3v) is 3.58. The topological polar surface area (TPSA) is 41.1 Å². The zero-order chi connectivity index (χ0) is 13.7. The van der Waals surface area contributed by atoms with E-state index in [1.807, 2.05) is 6.92 Å². The van der Waals surface area contributed by atoms with Crippen molar-refractivity contribution in [1.29, 1.82) is 0 Å². The number of piperidine rings is 1. The van der Waals surface area contributed by atoms with Gasteiger partial charge in [-0.15, -0.1) is 0 Å². The van der Waals surface area contributed by atoms with Crippen LogP contribution < -0.4 is 10.2 Å². The van der Waals surface area contributed by atoms with E-state index in [0.29, 0.717) is 17.8 Å². The minimum absolute atomic E-state index is 0.315. The Morgan fingerprint density at radius 3 is 3.00 bits per heavy atom. The van der Waals surface area contributed by atoms with Gasteiger partial charge in [-0.25, -0.2) is 9.37 Å². The maximum absolute atomic E-state index is 14.0. The summed E-state index contributed by atoms with van der Waals surface area (Å²) in [5.74, 6) is 0.661. The van der Waals surface area contributed by atoms with E-state index < -0.39 is 0 Å². The van der Waals surface area contributed by atoms with E-state index in [4.69, 9.17) is 0 Å². The largest absolute Gasteiger partial charge is 0.354 e. The molecule has 4 nitrogen and oxygen atoms in total. The van der Waals surface area contributed by atoms with Gasteiger partial charge in [0.25, 0.3) is 0 Å². The molecule has 1 aliphatic rings. The summed E-state index contributed by atoms with van der Waals surface area (Å²) < 4.78 is 14.0. The van der Waals surface area contributed by atoms with Crippen molar-refractivity contribution in [3.8, 4) is 0 Å². The molecule has 1 fully saturated rings. The van der Waals surface area contributed by atoms with Gasteiger partial charge in [-0.05, 0) is 32.6 Å². The molecule has 0 amide bonds. The van der Waals surface area contributed by atoms with Gasteiger partial charge in [0.2, 0.25) is 5.95 Å². The summed E-state index contributed by atoms with van der Waals surface area (Å²) in [5.41, 5.74) is 0. The second kappa shape index (κ2) is 6.68. The van der Waals surface area contributed by atoms with Gasteiger partial charge in [0.1, 0.15) is 0 Å². The summed E-state index contributed by atoms with van der Waals surface area (Å²) in [6, 6.07) is 0.414. The van der Waals surface area contributed by atoms with Crippen LogP contribution in [0.25, 0.3) is 0 Å². The minimum atomic E-state index is -0.315. The summed E-state index contributed by atoms with van der Waals surface area (Å²) in [6.07, 6.45) is 6.97. The van der Waals surface area contributed by atoms with Gasteiger partial charge in [0, 0.05) is 19.1 Å². The summed E-state index contributed by atoms with van der Waals surface area (Å²) in [6.45, 7) is 5.79. The van der Waals surface area contributed by atoms with Gasteiger partial charge in [-0.2, -0.15) is 4.98 Å². The van der Waals surface area contributed by atoms with Crippen LogP contribution in [0.2, 0.25) is 0 Å². The first kappa shape index (κ1) is 14.0. The lowest BCUT2D eigenvalue weighted by molar-refractivity contribution is 0.425. The number of anilines is 2. The van der Waals surface area contributed by atoms with Crippen LogP contribution in [-0.2, 0) is 0 Å². The van der Waals surface area contributed by atoms with Crippen LogP contribution in [0.4, 0.5) is 16.2 Å². The fraction of sp³-hybridized carbons (Fsp3) is 0.714. The van der Waals surface area contributed by atoms with E-state index >= 15 is 0 Å². The summed E-state index contributed by atoms with van der Waals surface area (Å²) in [5, 5.41) is 3.05. The van der Waals surface area contributed by atoms with Gasteiger partial charge in [-0.1, -0.05) is 13.3 Å². The highest BCUT2D eigenvalue weighted by molar-refractivity contribution is 5.45. The Hall–Kier alpha value is -1.39. The van der Waals surface area contributed by atoms with Crippen molar-refractivity contribution in [3.63, 3.8) is 0 Å². The molecule has 0 aliphatic carbocycles. The van der Waals surface area contributed by atoms with E-state index in [9.17, 15) is 4.39 Å². The third-order valence-electron chi connectivity index (χ3n) is 3.58. The molecule has 106 valence electrons. The Balaban J connectivity index is 2.24. The molecule has 0 aromatic carbocycles. The molecule has 0 radical (unpaired) electrons. The molecule has 1 aromatic heterocycles. The average molecular weight is 266 g/mol. The molecule has 1 unspecified atom stereocenters. The second-order valence-electron chi connectivity index (χ2n) is 5.03. The van der Waals surface area contributed by atoms with E-state index in [2.05, 4.69) is 27.1 Å². The molecular formula is C14H23FN4. The molecule has 1 N–H and O–H groups in total. The Labute approximate surface area is 114 Å². The molecule has 1 aliphatic heterocycles. The number of aromatic nitrogens is 2. The number of rotatable bonds is 5. The number of hydrogen-bond donors (Lipinski definition) is 1. The minimum Gasteiger partial charge on any atom is -0.354 e. The highest BCUT2D eigenvalue weighted by Crippen LogP contribution is 2.28. The van der Waals surface area contributed by atoms with Gasteiger partial charge in [0.05, 0.1) is 6.20 Å². The highest BCUT2D eigenvalue weighted by atomic mass is 19.1. The zero-order valence-corrected chi connectivity index (χ0v) is 11.8. The standard InChI is InChI=1S/C14H23FN4/c1-3-7-11-8-5-6-9-19(11)13-12(15)10-17-14(18-13)16-4-2/h10-11H,3-9H2,1-2H3,(H,16,17,18). The molecule has 19 heavy (non-hydrogen) atoms. The molecule has 0 spiro atoms. The van der Waals surface area contributed by atoms with Crippen LogP contribution in [0.3, 0.4) is 0 Å². The van der Waals surface area contributed by atoms with Crippen molar-refractivity contribution in [2.45, 2.75) is 52.0 Å². The first-order valence-electron chi connectivity index (χ1n) is 7.29. The van der Waals surface area contributed by atoms with Crippen LogP contribution in [-0.4, -0.2) is 29.1 Å². The van der Waals surface area contributed by atoms with Crippen molar-refractivity contribution in [2.75, 3.05) is 23.3 Å². The van der Waals surface area contributed by atoms with Gasteiger partial charge < -0.3 is 10.2 Å². The third kappa shape index (κ3) is 3.33. The van der Waals surface area contributed by atoms with Crippen molar-refractivity contribution in [3.05, 3.63) is 12.0 Å². The van der Waals surface area contributed by atoms with Crippen LogP contribution >= 0.6 is 0 Å². The number of hydrogen-bond acceptors (Lipinski definition) is 4. The van der Waals surface area contributed by atoms with Crippen LogP contribution in [0, 0.1) is 5.82 Å². The van der Waals surface area contributed by atoms with Crippen LogP contribution in [0.5, 0.6) is 0 Å². The molecule has 1 aromatic rings. The highest BCUT2D eigenvalue weighted by Gasteiger charge is 2.25. The zero-order valence-electron chi connectivity index (χ0n) is 11.8. The Bertz CT molecular complexity index is 408. The average Bonchev–Trinajstić information content (AvgIpc) is 2.42. The number of nitrogens with zero attached hydrogens (tertiary/aromatic N) is 3. The molecule has 2 heterocycles. The van der Waals surface area contributed by atoms with Gasteiger partial charge in [0.15, 0.2) is 11.6 Å². The lowest BCUT2D eigenvalue weighted by Crippen LogP contribution is -2.40. The molecule has 0 saturated carbocycles. The monoisotopic (exact) mass is 266 g/mol. The normalized spacial score (nSPS) is 19.5. The second-order valence-corrected chi connectivity index (χ2v) is 5.03. The SMILES string of the molecule is CCCC1CCCCN1c1nc(NCC)ncc1F. The van der Waals surface area contributed by atoms with Crippen molar-refractivity contribution in [2.24, 2.45) is 0 Å². The van der Waals surface area contributed by atoms with Crippen molar-refractivity contribution >= 4 is 11.8 Å². The molecule has 5 heteroatoms. The molecule has 1 atom stereocenters. The van der Waals surface area contributed by atoms with E-state index in [1.54, 1.807) is 0 Å². The molecule has 0 bridgehead atoms. The Morgan fingerprint density at radius 2 is 2.26 bits per heavy atom. The number of nitrogens with one attached hydrogen (secondary N) is 1.